The topological polar surface area (TPSA) is 118 Å². The van der Waals surface area contributed by atoms with E-state index in [1.807, 2.05) is 6.07 Å². The first kappa shape index (κ1) is 15.7. The molecule has 2 aromatic carbocycles. The first-order valence-electron chi connectivity index (χ1n) is 6.83. The summed E-state index contributed by atoms with van der Waals surface area (Å²) in [5.41, 5.74) is 1.73. The molecule has 1 heterocycles. The SMILES string of the molecule is O=[N+]([O-])c1ccc(S(=O)(=O)Nc2cccc(-c3ccn[nH]3)c2)cc1. The van der Waals surface area contributed by atoms with Crippen molar-refractivity contribution in [3.63, 3.8) is 0 Å². The van der Waals surface area contributed by atoms with E-state index in [4.69, 9.17) is 0 Å². The minimum atomic E-state index is -3.84. The molecule has 0 fully saturated rings. The normalized spacial score (nSPS) is 11.2. The minimum absolute atomic E-state index is 0.0555. The van der Waals surface area contributed by atoms with E-state index in [1.54, 1.807) is 30.5 Å². The van der Waals surface area contributed by atoms with Crippen LogP contribution in [0.15, 0.2) is 65.7 Å². The Morgan fingerprint density at radius 1 is 1.08 bits per heavy atom. The fourth-order valence-corrected chi connectivity index (χ4v) is 3.18. The van der Waals surface area contributed by atoms with Gasteiger partial charge in [0.15, 0.2) is 0 Å². The summed E-state index contributed by atoms with van der Waals surface area (Å²) in [6, 6.07) is 13.3. The number of sulfonamides is 1. The van der Waals surface area contributed by atoms with Crippen molar-refractivity contribution in [2.45, 2.75) is 4.90 Å². The molecule has 0 atom stereocenters. The van der Waals surface area contributed by atoms with Crippen molar-refractivity contribution < 1.29 is 13.3 Å². The van der Waals surface area contributed by atoms with E-state index in [0.29, 0.717) is 5.69 Å². The lowest BCUT2D eigenvalue weighted by Crippen LogP contribution is -2.12. The Hall–Kier alpha value is -3.20. The second-order valence-corrected chi connectivity index (χ2v) is 6.59. The molecule has 0 spiro atoms. The quantitative estimate of drug-likeness (QED) is 0.545. The standard InChI is InChI=1S/C15H12N4O4S/c20-19(21)13-4-6-14(7-5-13)24(22,23)18-12-3-1-2-11(10-12)15-8-9-16-17-15/h1-10,18H,(H,16,17). The van der Waals surface area contributed by atoms with Gasteiger partial charge in [-0.3, -0.25) is 19.9 Å². The van der Waals surface area contributed by atoms with E-state index in [0.717, 1.165) is 23.4 Å². The van der Waals surface area contributed by atoms with Gasteiger partial charge in [0.2, 0.25) is 0 Å². The monoisotopic (exact) mass is 344 g/mol. The number of benzene rings is 2. The summed E-state index contributed by atoms with van der Waals surface area (Å²) in [5, 5.41) is 17.3. The van der Waals surface area contributed by atoms with Gasteiger partial charge in [0, 0.05) is 29.6 Å². The maximum atomic E-state index is 12.4. The van der Waals surface area contributed by atoms with Gasteiger partial charge in [0.25, 0.3) is 15.7 Å². The average Bonchev–Trinajstić information content (AvgIpc) is 3.09. The summed E-state index contributed by atoms with van der Waals surface area (Å²) < 4.78 is 27.2. The molecule has 8 nitrogen and oxygen atoms in total. The van der Waals surface area contributed by atoms with Crippen LogP contribution in [0.1, 0.15) is 0 Å². The van der Waals surface area contributed by atoms with Crippen molar-refractivity contribution in [1.29, 1.82) is 0 Å². The van der Waals surface area contributed by atoms with Crippen LogP contribution >= 0.6 is 0 Å². The smallest absolute Gasteiger partial charge is 0.269 e. The average molecular weight is 344 g/mol. The molecule has 0 aliphatic heterocycles. The van der Waals surface area contributed by atoms with Crippen LogP contribution < -0.4 is 4.72 Å². The van der Waals surface area contributed by atoms with Gasteiger partial charge in [-0.25, -0.2) is 8.42 Å². The van der Waals surface area contributed by atoms with E-state index < -0.39 is 14.9 Å². The number of hydrogen-bond donors (Lipinski definition) is 2. The Labute approximate surface area is 137 Å². The predicted molar refractivity (Wildman–Crippen MR) is 87.9 cm³/mol. The van der Waals surface area contributed by atoms with Crippen LogP contribution in [0.25, 0.3) is 11.3 Å². The Bertz CT molecular complexity index is 967. The Morgan fingerprint density at radius 3 is 2.46 bits per heavy atom. The van der Waals surface area contributed by atoms with Crippen molar-refractivity contribution in [1.82, 2.24) is 10.2 Å². The number of aromatic amines is 1. The van der Waals surface area contributed by atoms with E-state index >= 15 is 0 Å². The second kappa shape index (κ2) is 6.13. The molecule has 0 aliphatic rings. The third-order valence-corrected chi connectivity index (χ3v) is 4.68. The number of nitrogens with zero attached hydrogens (tertiary/aromatic N) is 2. The van der Waals surface area contributed by atoms with Gasteiger partial charge in [0.1, 0.15) is 0 Å². The molecule has 3 rings (SSSR count). The molecule has 0 bridgehead atoms. The number of rotatable bonds is 5. The number of nitrogens with one attached hydrogen (secondary N) is 2. The highest BCUT2D eigenvalue weighted by atomic mass is 32.2. The molecule has 0 unspecified atom stereocenters. The Morgan fingerprint density at radius 2 is 1.83 bits per heavy atom. The van der Waals surface area contributed by atoms with Crippen LogP contribution in [0, 0.1) is 10.1 Å². The maximum Gasteiger partial charge on any atom is 0.269 e. The predicted octanol–water partition coefficient (Wildman–Crippen LogP) is 2.79. The van der Waals surface area contributed by atoms with Crippen LogP contribution in [0.3, 0.4) is 0 Å². The van der Waals surface area contributed by atoms with Crippen molar-refractivity contribution in [2.24, 2.45) is 0 Å². The van der Waals surface area contributed by atoms with Crippen LogP contribution in [-0.4, -0.2) is 23.5 Å². The molecule has 0 saturated heterocycles. The molecule has 3 aromatic rings. The molecule has 0 radical (unpaired) electrons. The van der Waals surface area contributed by atoms with Gasteiger partial charge >= 0.3 is 0 Å². The third kappa shape index (κ3) is 3.25. The Balaban J connectivity index is 1.87. The highest BCUT2D eigenvalue weighted by Gasteiger charge is 2.16. The molecular formula is C15H12N4O4S. The van der Waals surface area contributed by atoms with Crippen molar-refractivity contribution >= 4 is 21.4 Å². The number of aromatic nitrogens is 2. The maximum absolute atomic E-state index is 12.4. The molecule has 24 heavy (non-hydrogen) atoms. The molecule has 122 valence electrons. The van der Waals surface area contributed by atoms with E-state index in [2.05, 4.69) is 14.9 Å². The lowest BCUT2D eigenvalue weighted by atomic mass is 10.1. The van der Waals surface area contributed by atoms with Crippen molar-refractivity contribution in [2.75, 3.05) is 4.72 Å². The summed E-state index contributed by atoms with van der Waals surface area (Å²) in [6.45, 7) is 0. The van der Waals surface area contributed by atoms with Crippen LogP contribution in [0.5, 0.6) is 0 Å². The number of H-pyrrole nitrogens is 1. The molecule has 9 heteroatoms. The summed E-state index contributed by atoms with van der Waals surface area (Å²) in [6.07, 6.45) is 1.60. The highest BCUT2D eigenvalue weighted by Crippen LogP contribution is 2.23. The highest BCUT2D eigenvalue weighted by molar-refractivity contribution is 7.92. The molecule has 2 N–H and O–H groups in total. The lowest BCUT2D eigenvalue weighted by molar-refractivity contribution is -0.384. The zero-order valence-electron chi connectivity index (χ0n) is 12.2. The largest absolute Gasteiger partial charge is 0.280 e. The fourth-order valence-electron chi connectivity index (χ4n) is 2.13. The number of nitro groups is 1. The van der Waals surface area contributed by atoms with Crippen molar-refractivity contribution in [3.05, 3.63) is 70.9 Å². The first-order chi connectivity index (χ1) is 11.5. The fraction of sp³-hybridized carbons (Fsp3) is 0. The van der Waals surface area contributed by atoms with Gasteiger partial charge in [-0.2, -0.15) is 5.10 Å². The van der Waals surface area contributed by atoms with Gasteiger partial charge in [-0.1, -0.05) is 12.1 Å². The zero-order valence-corrected chi connectivity index (χ0v) is 13.0. The second-order valence-electron chi connectivity index (χ2n) is 4.91. The van der Waals surface area contributed by atoms with Crippen LogP contribution in [-0.2, 0) is 10.0 Å². The van der Waals surface area contributed by atoms with Gasteiger partial charge in [-0.15, -0.1) is 0 Å². The zero-order chi connectivity index (χ0) is 17.2. The van der Waals surface area contributed by atoms with Crippen molar-refractivity contribution in [3.8, 4) is 11.3 Å². The molecule has 0 saturated carbocycles. The lowest BCUT2D eigenvalue weighted by Gasteiger charge is -2.09. The first-order valence-corrected chi connectivity index (χ1v) is 8.31. The molecular weight excluding hydrogens is 332 g/mol. The van der Waals surface area contributed by atoms with E-state index in [9.17, 15) is 18.5 Å². The van der Waals surface area contributed by atoms with Gasteiger partial charge in [0.05, 0.1) is 15.5 Å². The van der Waals surface area contributed by atoms with E-state index in [-0.39, 0.29) is 10.6 Å². The molecule has 1 aromatic heterocycles. The number of non-ortho nitro benzene ring substituents is 1. The van der Waals surface area contributed by atoms with Gasteiger partial charge in [-0.05, 0) is 30.3 Å². The number of hydrogen-bond acceptors (Lipinski definition) is 5. The third-order valence-electron chi connectivity index (χ3n) is 3.28. The summed E-state index contributed by atoms with van der Waals surface area (Å²) >= 11 is 0. The summed E-state index contributed by atoms with van der Waals surface area (Å²) in [7, 11) is -3.84. The Kier molecular flexibility index (Phi) is 4.00. The van der Waals surface area contributed by atoms with Crippen LogP contribution in [0.2, 0.25) is 0 Å². The molecule has 0 amide bonds. The van der Waals surface area contributed by atoms with Crippen LogP contribution in [0.4, 0.5) is 11.4 Å². The number of anilines is 1. The molecule has 0 aliphatic carbocycles. The summed E-state index contributed by atoms with van der Waals surface area (Å²) in [4.78, 5) is 9.99. The van der Waals surface area contributed by atoms with E-state index in [1.165, 1.54) is 12.1 Å². The van der Waals surface area contributed by atoms with Gasteiger partial charge < -0.3 is 0 Å². The number of nitro benzene ring substituents is 1. The minimum Gasteiger partial charge on any atom is -0.280 e. The summed E-state index contributed by atoms with van der Waals surface area (Å²) in [5.74, 6) is 0.